The summed E-state index contributed by atoms with van der Waals surface area (Å²) in [4.78, 5) is 23.7. The highest BCUT2D eigenvalue weighted by molar-refractivity contribution is 5.91. The first kappa shape index (κ1) is 44.4. The molecule has 2 rings (SSSR count). The molecule has 0 bridgehead atoms. The van der Waals surface area contributed by atoms with Crippen LogP contribution in [0.15, 0.2) is 24.0 Å². The van der Waals surface area contributed by atoms with Crippen LogP contribution in [0.4, 0.5) is 0 Å². The molecule has 0 unspecified atom stereocenters. The number of ketones is 1. The first-order chi connectivity index (χ1) is 23.2. The third kappa shape index (κ3) is 13.6. The van der Waals surface area contributed by atoms with Crippen LogP contribution in [0, 0.1) is 41.4 Å². The Kier molecular flexibility index (Phi) is 17.7. The van der Waals surface area contributed by atoms with Gasteiger partial charge in [-0.1, -0.05) is 60.6 Å². The molecule has 290 valence electrons. The van der Waals surface area contributed by atoms with Crippen LogP contribution in [0.3, 0.4) is 0 Å². The zero-order valence-corrected chi connectivity index (χ0v) is 32.8. The molecule has 2 aliphatic heterocycles. The third-order valence-electron chi connectivity index (χ3n) is 11.9. The highest BCUT2D eigenvalue weighted by Crippen LogP contribution is 2.45. The molecular weight excluding hydrogens is 636 g/mol. The molecule has 50 heavy (non-hydrogen) atoms. The first-order valence-electron chi connectivity index (χ1n) is 19.4. The second-order valence-electron chi connectivity index (χ2n) is 17.1. The SMILES string of the molecule is C[C@H](CCC(=O)O)C[C@H](C)C[C@H](C)C(=O)C=C(O)[C@H](C)C[C@H](C)C/C=C/[C@@H](C)[C@@H](O)[C@@H](C)[C@@H](O)C[C@@H]1CC[C@@](C)([C@H]2CC[C@@](C)([C@@H](C)O)O2)O1. The van der Waals surface area contributed by atoms with Gasteiger partial charge in [-0.15, -0.1) is 0 Å². The molecule has 9 heteroatoms. The monoisotopic (exact) mass is 709 g/mol. The second-order valence-corrected chi connectivity index (χ2v) is 17.1. The van der Waals surface area contributed by atoms with Crippen molar-refractivity contribution in [1.29, 1.82) is 0 Å². The first-order valence-corrected chi connectivity index (χ1v) is 19.4. The Morgan fingerprint density at radius 3 is 2.06 bits per heavy atom. The van der Waals surface area contributed by atoms with Crippen LogP contribution < -0.4 is 0 Å². The summed E-state index contributed by atoms with van der Waals surface area (Å²) in [5, 5.41) is 51.9. The van der Waals surface area contributed by atoms with Crippen molar-refractivity contribution in [3.8, 4) is 0 Å². The van der Waals surface area contributed by atoms with Gasteiger partial charge in [0.25, 0.3) is 0 Å². The fraction of sp³-hybridized carbons (Fsp3) is 0.854. The number of carboxylic acids is 1. The number of carbonyl (C=O) groups is 2. The lowest BCUT2D eigenvalue weighted by Crippen LogP contribution is -2.44. The standard InChI is InChI=1S/C41H72O9/c1-25(21-29(5)34(43)24-35(44)30(6)22-27(3)20-26(2)14-15-38(46)47)12-11-13-28(4)39(48)31(7)36(45)23-33-16-18-41(10,49-33)37-17-19-40(9,50-37)32(8)42/h11,13,24-33,36-37,39,42-43,45,48H,12,14-23H2,1-10H3,(H,46,47)/b13-11+,34-24?/t25-,26-,27+,28-,29-,30+,31+,32-,33+,36+,37-,39-,40+,41+/m1/s1. The van der Waals surface area contributed by atoms with Gasteiger partial charge in [0.05, 0.1) is 47.5 Å². The Morgan fingerprint density at radius 1 is 0.820 bits per heavy atom. The van der Waals surface area contributed by atoms with E-state index in [0.29, 0.717) is 25.7 Å². The molecule has 0 aromatic heterocycles. The van der Waals surface area contributed by atoms with Crippen molar-refractivity contribution >= 4 is 11.8 Å². The Balaban J connectivity index is 1.77. The van der Waals surface area contributed by atoms with Gasteiger partial charge < -0.3 is 35.0 Å². The van der Waals surface area contributed by atoms with E-state index in [1.54, 1.807) is 6.92 Å². The van der Waals surface area contributed by atoms with Crippen LogP contribution >= 0.6 is 0 Å². The van der Waals surface area contributed by atoms with Gasteiger partial charge in [-0.25, -0.2) is 0 Å². The minimum Gasteiger partial charge on any atom is -0.512 e. The summed E-state index contributed by atoms with van der Waals surface area (Å²) in [6, 6.07) is 0. The summed E-state index contributed by atoms with van der Waals surface area (Å²) >= 11 is 0. The molecule has 0 aromatic rings. The van der Waals surface area contributed by atoms with Gasteiger partial charge in [-0.2, -0.15) is 0 Å². The lowest BCUT2D eigenvalue weighted by atomic mass is 9.85. The highest BCUT2D eigenvalue weighted by atomic mass is 16.6. The summed E-state index contributed by atoms with van der Waals surface area (Å²) in [6.07, 6.45) is 10.8. The van der Waals surface area contributed by atoms with Crippen molar-refractivity contribution < 1.29 is 44.6 Å². The van der Waals surface area contributed by atoms with Gasteiger partial charge >= 0.3 is 5.97 Å². The quantitative estimate of drug-likeness (QED) is 0.0431. The predicted octanol–water partition coefficient (Wildman–Crippen LogP) is 7.80. The molecule has 2 aliphatic rings. The van der Waals surface area contributed by atoms with Crippen molar-refractivity contribution in [2.24, 2.45) is 41.4 Å². The van der Waals surface area contributed by atoms with Gasteiger partial charge in [0.2, 0.25) is 0 Å². The van der Waals surface area contributed by atoms with Crippen LogP contribution in [-0.4, -0.2) is 79.0 Å². The number of allylic oxidation sites excluding steroid dienone is 3. The number of carbonyl (C=O) groups excluding carboxylic acids is 1. The normalized spacial score (nSPS) is 30.7. The van der Waals surface area contributed by atoms with E-state index < -0.39 is 35.5 Å². The minimum absolute atomic E-state index is 0.0809. The van der Waals surface area contributed by atoms with Crippen LogP contribution in [0.2, 0.25) is 0 Å². The molecule has 0 amide bonds. The van der Waals surface area contributed by atoms with Gasteiger partial charge in [-0.05, 0) is 103 Å². The molecule has 2 fully saturated rings. The maximum atomic E-state index is 12.8. The predicted molar refractivity (Wildman–Crippen MR) is 198 cm³/mol. The van der Waals surface area contributed by atoms with E-state index in [1.807, 2.05) is 40.7 Å². The van der Waals surface area contributed by atoms with Gasteiger partial charge in [0.15, 0.2) is 5.78 Å². The number of carboxylic acid groups (broad SMARTS) is 1. The topological polar surface area (TPSA) is 154 Å². The average Bonchev–Trinajstić information content (AvgIpc) is 3.63. The van der Waals surface area contributed by atoms with Crippen molar-refractivity contribution in [2.75, 3.05) is 0 Å². The van der Waals surface area contributed by atoms with Crippen molar-refractivity contribution in [3.63, 3.8) is 0 Å². The molecule has 0 aliphatic carbocycles. The Morgan fingerprint density at radius 2 is 1.46 bits per heavy atom. The maximum absolute atomic E-state index is 12.8. The number of aliphatic carboxylic acids is 1. The van der Waals surface area contributed by atoms with E-state index in [2.05, 4.69) is 33.8 Å². The highest BCUT2D eigenvalue weighted by Gasteiger charge is 2.51. The average molecular weight is 709 g/mol. The molecule has 2 heterocycles. The summed E-state index contributed by atoms with van der Waals surface area (Å²) < 4.78 is 12.7. The summed E-state index contributed by atoms with van der Waals surface area (Å²) in [5.41, 5.74) is -1.01. The fourth-order valence-electron chi connectivity index (χ4n) is 8.02. The van der Waals surface area contributed by atoms with E-state index in [-0.39, 0.29) is 71.6 Å². The van der Waals surface area contributed by atoms with Crippen LogP contribution in [0.5, 0.6) is 0 Å². The smallest absolute Gasteiger partial charge is 0.303 e. The maximum Gasteiger partial charge on any atom is 0.303 e. The molecule has 2 saturated heterocycles. The molecule has 14 atom stereocenters. The number of rotatable bonds is 22. The number of aliphatic hydroxyl groups excluding tert-OH is 4. The largest absolute Gasteiger partial charge is 0.512 e. The second kappa shape index (κ2) is 19.9. The van der Waals surface area contributed by atoms with Gasteiger partial charge in [-0.3, -0.25) is 9.59 Å². The zero-order valence-electron chi connectivity index (χ0n) is 32.8. The zero-order chi connectivity index (χ0) is 38.0. The molecule has 0 saturated carbocycles. The molecule has 5 N–H and O–H groups in total. The van der Waals surface area contributed by atoms with E-state index in [1.165, 1.54) is 6.08 Å². The summed E-state index contributed by atoms with van der Waals surface area (Å²) in [5.74, 6) is -0.810. The van der Waals surface area contributed by atoms with E-state index >= 15 is 0 Å². The minimum atomic E-state index is -0.781. The number of hydrogen-bond donors (Lipinski definition) is 5. The molecule has 0 aromatic carbocycles. The van der Waals surface area contributed by atoms with Crippen molar-refractivity contribution in [1.82, 2.24) is 0 Å². The van der Waals surface area contributed by atoms with Crippen molar-refractivity contribution in [2.45, 2.75) is 182 Å². The van der Waals surface area contributed by atoms with Crippen LogP contribution in [-0.2, 0) is 19.1 Å². The number of ether oxygens (including phenoxy) is 2. The van der Waals surface area contributed by atoms with E-state index in [9.17, 15) is 30.0 Å². The third-order valence-corrected chi connectivity index (χ3v) is 11.9. The molecule has 9 nitrogen and oxygen atoms in total. The lowest BCUT2D eigenvalue weighted by molar-refractivity contribution is -0.172. The Bertz CT molecular complexity index is 1120. The van der Waals surface area contributed by atoms with E-state index in [0.717, 1.165) is 38.5 Å². The molecular formula is C41H72O9. The number of hydrogen-bond acceptors (Lipinski definition) is 8. The lowest BCUT2D eigenvalue weighted by Gasteiger charge is -2.35. The van der Waals surface area contributed by atoms with E-state index in [4.69, 9.17) is 14.6 Å². The molecule has 0 radical (unpaired) electrons. The fourth-order valence-corrected chi connectivity index (χ4v) is 8.02. The Hall–Kier alpha value is -1.78. The number of aliphatic hydroxyl groups is 4. The Labute approximate surface area is 302 Å². The van der Waals surface area contributed by atoms with Gasteiger partial charge in [0, 0.05) is 36.2 Å². The van der Waals surface area contributed by atoms with Gasteiger partial charge in [0.1, 0.15) is 0 Å². The van der Waals surface area contributed by atoms with Crippen LogP contribution in [0.1, 0.15) is 140 Å². The molecule has 0 spiro atoms. The summed E-state index contributed by atoms with van der Waals surface area (Å²) in [7, 11) is 0. The summed E-state index contributed by atoms with van der Waals surface area (Å²) in [6.45, 7) is 19.7. The van der Waals surface area contributed by atoms with Crippen molar-refractivity contribution in [3.05, 3.63) is 24.0 Å². The van der Waals surface area contributed by atoms with Crippen LogP contribution in [0.25, 0.3) is 0 Å².